The minimum atomic E-state index is -0.992. The van der Waals surface area contributed by atoms with Gasteiger partial charge in [0.05, 0.1) is 23.9 Å². The van der Waals surface area contributed by atoms with Crippen LogP contribution < -0.4 is 0 Å². The Balaban J connectivity index is 1.67. The van der Waals surface area contributed by atoms with Crippen molar-refractivity contribution in [1.82, 2.24) is 0 Å². The highest BCUT2D eigenvalue weighted by Gasteiger charge is 2.66. The van der Waals surface area contributed by atoms with Gasteiger partial charge in [-0.05, 0) is 87.4 Å². The molecule has 4 N–H and O–H groups in total. The molecule has 4 fully saturated rings. The van der Waals surface area contributed by atoms with Crippen molar-refractivity contribution in [2.24, 2.45) is 34.5 Å². The fourth-order valence-corrected chi connectivity index (χ4v) is 8.02. The van der Waals surface area contributed by atoms with Crippen molar-refractivity contribution in [2.75, 3.05) is 0 Å². The molecule has 0 aromatic rings. The van der Waals surface area contributed by atoms with Gasteiger partial charge in [-0.1, -0.05) is 13.8 Å². The van der Waals surface area contributed by atoms with E-state index in [4.69, 9.17) is 0 Å². The molecule has 0 saturated heterocycles. The van der Waals surface area contributed by atoms with Crippen molar-refractivity contribution >= 4 is 0 Å². The summed E-state index contributed by atoms with van der Waals surface area (Å²) in [7, 11) is 0. The van der Waals surface area contributed by atoms with Crippen LogP contribution in [-0.4, -0.2) is 44.3 Å². The van der Waals surface area contributed by atoms with Gasteiger partial charge in [0.25, 0.3) is 0 Å². The number of fused-ring (bicyclic) bond motifs is 5. The summed E-state index contributed by atoms with van der Waals surface area (Å²) in [5.41, 5.74) is -1.14. The van der Waals surface area contributed by atoms with Gasteiger partial charge in [0.1, 0.15) is 0 Å². The molecular formula is C21H36O4. The molecule has 4 nitrogen and oxygen atoms in total. The summed E-state index contributed by atoms with van der Waals surface area (Å²) in [4.78, 5) is 0. The molecule has 4 heteroatoms. The Bertz CT molecular complexity index is 536. The molecule has 0 aromatic heterocycles. The highest BCUT2D eigenvalue weighted by molar-refractivity contribution is 5.16. The molecule has 4 saturated carbocycles. The van der Waals surface area contributed by atoms with Gasteiger partial charge in [0, 0.05) is 5.41 Å². The van der Waals surface area contributed by atoms with E-state index in [1.165, 1.54) is 0 Å². The van der Waals surface area contributed by atoms with Gasteiger partial charge in [-0.2, -0.15) is 0 Å². The second kappa shape index (κ2) is 5.67. The zero-order chi connectivity index (χ0) is 18.2. The quantitative estimate of drug-likeness (QED) is 0.584. The molecule has 0 amide bonds. The molecule has 0 radical (unpaired) electrons. The van der Waals surface area contributed by atoms with Crippen LogP contribution in [-0.2, 0) is 0 Å². The summed E-state index contributed by atoms with van der Waals surface area (Å²) in [5.74, 6) is 1.59. The lowest BCUT2D eigenvalue weighted by molar-refractivity contribution is -0.203. The fraction of sp³-hybridized carbons (Fsp3) is 1.00. The van der Waals surface area contributed by atoms with Crippen molar-refractivity contribution < 1.29 is 20.4 Å². The third-order valence-electron chi connectivity index (χ3n) is 9.56. The van der Waals surface area contributed by atoms with Gasteiger partial charge in [-0.15, -0.1) is 0 Å². The Morgan fingerprint density at radius 3 is 2.24 bits per heavy atom. The number of rotatable bonds is 1. The van der Waals surface area contributed by atoms with Gasteiger partial charge in [-0.3, -0.25) is 0 Å². The first-order valence-electron chi connectivity index (χ1n) is 10.4. The molecule has 25 heavy (non-hydrogen) atoms. The highest BCUT2D eigenvalue weighted by Crippen LogP contribution is 2.68. The molecule has 4 aliphatic carbocycles. The minimum absolute atomic E-state index is 0.106. The van der Waals surface area contributed by atoms with Crippen LogP contribution in [0, 0.1) is 34.5 Å². The molecule has 0 aromatic carbocycles. The standard InChI is InChI=1S/C21H36O4/c1-12(22)21(25)9-6-16-14-11-18(24)17-10-13(23)4-7-19(17,2)15(14)5-8-20(16,21)3/h12-18,22-25H,4-11H2,1-3H3. The summed E-state index contributed by atoms with van der Waals surface area (Å²) < 4.78 is 0. The molecule has 4 aliphatic rings. The van der Waals surface area contributed by atoms with Gasteiger partial charge >= 0.3 is 0 Å². The third-order valence-corrected chi connectivity index (χ3v) is 9.56. The maximum absolute atomic E-state index is 11.3. The van der Waals surface area contributed by atoms with Crippen LogP contribution in [0.3, 0.4) is 0 Å². The van der Waals surface area contributed by atoms with Crippen LogP contribution in [0.5, 0.6) is 0 Å². The van der Waals surface area contributed by atoms with E-state index in [9.17, 15) is 20.4 Å². The Labute approximate surface area is 151 Å². The normalized spacial score (nSPS) is 59.6. The van der Waals surface area contributed by atoms with Crippen molar-refractivity contribution in [3.63, 3.8) is 0 Å². The van der Waals surface area contributed by atoms with Crippen LogP contribution >= 0.6 is 0 Å². The Morgan fingerprint density at radius 1 is 0.880 bits per heavy atom. The van der Waals surface area contributed by atoms with Crippen LogP contribution in [0.25, 0.3) is 0 Å². The molecule has 10 unspecified atom stereocenters. The van der Waals surface area contributed by atoms with E-state index in [1.54, 1.807) is 6.92 Å². The molecule has 0 heterocycles. The highest BCUT2D eigenvalue weighted by atomic mass is 16.3. The number of aliphatic hydroxyl groups is 4. The van der Waals surface area contributed by atoms with Crippen molar-refractivity contribution in [3.05, 3.63) is 0 Å². The second-order valence-corrected chi connectivity index (χ2v) is 10.3. The van der Waals surface area contributed by atoms with Gasteiger partial charge in [0.15, 0.2) is 0 Å². The van der Waals surface area contributed by atoms with Crippen LogP contribution in [0.1, 0.15) is 72.1 Å². The molecule has 144 valence electrons. The van der Waals surface area contributed by atoms with E-state index in [0.717, 1.165) is 44.9 Å². The largest absolute Gasteiger partial charge is 0.393 e. The molecule has 0 spiro atoms. The smallest absolute Gasteiger partial charge is 0.0958 e. The van der Waals surface area contributed by atoms with E-state index in [2.05, 4.69) is 13.8 Å². The van der Waals surface area contributed by atoms with E-state index in [-0.39, 0.29) is 29.0 Å². The summed E-state index contributed by atoms with van der Waals surface area (Å²) in [5, 5.41) is 42.6. The third kappa shape index (κ3) is 2.27. The van der Waals surface area contributed by atoms with Crippen LogP contribution in [0.4, 0.5) is 0 Å². The lowest BCUT2D eigenvalue weighted by Crippen LogP contribution is -2.61. The van der Waals surface area contributed by atoms with Gasteiger partial charge in [-0.25, -0.2) is 0 Å². The Morgan fingerprint density at radius 2 is 1.56 bits per heavy atom. The summed E-state index contributed by atoms with van der Waals surface area (Å²) in [6.45, 7) is 6.26. The Hall–Kier alpha value is -0.160. The zero-order valence-corrected chi connectivity index (χ0v) is 16.0. The van der Waals surface area contributed by atoms with Gasteiger partial charge in [0.2, 0.25) is 0 Å². The predicted octanol–water partition coefficient (Wildman–Crippen LogP) is 2.47. The van der Waals surface area contributed by atoms with Crippen molar-refractivity contribution in [2.45, 2.75) is 96.1 Å². The second-order valence-electron chi connectivity index (χ2n) is 10.3. The average molecular weight is 353 g/mol. The van der Waals surface area contributed by atoms with E-state index in [0.29, 0.717) is 24.2 Å². The number of hydrogen-bond acceptors (Lipinski definition) is 4. The van der Waals surface area contributed by atoms with Crippen molar-refractivity contribution in [1.29, 1.82) is 0 Å². The lowest BCUT2D eigenvalue weighted by atomic mass is 9.43. The molecule has 0 bridgehead atoms. The first kappa shape index (κ1) is 18.2. The maximum atomic E-state index is 11.3. The van der Waals surface area contributed by atoms with Crippen LogP contribution in [0.15, 0.2) is 0 Å². The van der Waals surface area contributed by atoms with Crippen molar-refractivity contribution in [3.8, 4) is 0 Å². The van der Waals surface area contributed by atoms with E-state index in [1.807, 2.05) is 0 Å². The first-order valence-corrected chi connectivity index (χ1v) is 10.4. The van der Waals surface area contributed by atoms with Crippen LogP contribution in [0.2, 0.25) is 0 Å². The van der Waals surface area contributed by atoms with Gasteiger partial charge < -0.3 is 20.4 Å². The topological polar surface area (TPSA) is 80.9 Å². The predicted molar refractivity (Wildman–Crippen MR) is 95.8 cm³/mol. The summed E-state index contributed by atoms with van der Waals surface area (Å²) in [6.07, 6.45) is 5.73. The first-order chi connectivity index (χ1) is 11.6. The lowest BCUT2D eigenvalue weighted by Gasteiger charge is -2.62. The SMILES string of the molecule is CC(O)C1(O)CCC2C3CC(O)C4CC(O)CCC4(C)C3CCC21C. The fourth-order valence-electron chi connectivity index (χ4n) is 8.02. The Kier molecular flexibility index (Phi) is 4.13. The average Bonchev–Trinajstić information content (AvgIpc) is 2.83. The molecular weight excluding hydrogens is 316 g/mol. The summed E-state index contributed by atoms with van der Waals surface area (Å²) in [6, 6.07) is 0. The summed E-state index contributed by atoms with van der Waals surface area (Å²) >= 11 is 0. The maximum Gasteiger partial charge on any atom is 0.0958 e. The van der Waals surface area contributed by atoms with E-state index < -0.39 is 11.7 Å². The molecule has 0 aliphatic heterocycles. The molecule has 4 rings (SSSR count). The number of aliphatic hydroxyl groups excluding tert-OH is 3. The zero-order valence-electron chi connectivity index (χ0n) is 16.0. The monoisotopic (exact) mass is 352 g/mol. The molecule has 10 atom stereocenters. The number of hydrogen-bond donors (Lipinski definition) is 4. The van der Waals surface area contributed by atoms with E-state index >= 15 is 0 Å². The minimum Gasteiger partial charge on any atom is -0.393 e.